The van der Waals surface area contributed by atoms with Gasteiger partial charge in [-0.2, -0.15) is 0 Å². The van der Waals surface area contributed by atoms with Crippen molar-refractivity contribution in [2.24, 2.45) is 5.92 Å². The predicted molar refractivity (Wildman–Crippen MR) is 281 cm³/mol. The lowest BCUT2D eigenvalue weighted by atomic mass is 9.98. The van der Waals surface area contributed by atoms with Crippen molar-refractivity contribution in [1.82, 2.24) is 0 Å². The smallest absolute Gasteiger partial charge is 0.305 e. The summed E-state index contributed by atoms with van der Waals surface area (Å²) < 4.78 is 17.4. The Hall–Kier alpha value is -4.15. The van der Waals surface area contributed by atoms with E-state index in [1.165, 1.54) is 32.1 Å². The Bertz CT molecular complexity index is 1850. The minimum atomic E-state index is -1.51. The molecule has 0 spiro atoms. The molecule has 0 radical (unpaired) electrons. The number of unbranched alkanes of at least 4 members (excludes halogenated alkanes) is 6. The highest BCUT2D eigenvalue weighted by Crippen LogP contribution is 2.28. The van der Waals surface area contributed by atoms with Crippen LogP contribution in [0, 0.1) is 5.92 Å². The van der Waals surface area contributed by atoms with Crippen LogP contribution in [0.4, 0.5) is 0 Å². The van der Waals surface area contributed by atoms with Crippen LogP contribution in [0.2, 0.25) is 0 Å². The summed E-state index contributed by atoms with van der Waals surface area (Å²) in [5, 5.41) is 41.6. The van der Waals surface area contributed by atoms with Gasteiger partial charge in [-0.25, -0.2) is 0 Å². The average molecular weight is 927 g/mol. The maximum Gasteiger partial charge on any atom is 0.305 e. The molecular formula is C59H90O8. The highest BCUT2D eigenvalue weighted by molar-refractivity contribution is 5.69. The molecule has 67 heavy (non-hydrogen) atoms. The van der Waals surface area contributed by atoms with Crippen LogP contribution >= 0.6 is 0 Å². The van der Waals surface area contributed by atoms with Crippen molar-refractivity contribution < 1.29 is 39.4 Å². The van der Waals surface area contributed by atoms with Gasteiger partial charge in [0.05, 0.1) is 11.2 Å². The number of hydrogen-bond donors (Lipinski definition) is 4. The number of rotatable bonds is 30. The number of ether oxygens (including phenoxy) is 3. The number of allylic oxidation sites excluding steroid dienone is 24. The van der Waals surface area contributed by atoms with Gasteiger partial charge in [0.25, 0.3) is 0 Å². The van der Waals surface area contributed by atoms with E-state index in [9.17, 15) is 25.2 Å². The normalized spacial score (nSPS) is 21.7. The molecule has 0 aromatic carbocycles. The molecule has 0 saturated carbocycles. The Balaban J connectivity index is 2.56. The zero-order valence-electron chi connectivity index (χ0n) is 43.4. The van der Waals surface area contributed by atoms with Gasteiger partial charge in [0.1, 0.15) is 31.0 Å². The minimum absolute atomic E-state index is 0.239. The summed E-state index contributed by atoms with van der Waals surface area (Å²) in [5.74, 6) is 0.384. The molecule has 0 aliphatic carbocycles. The third-order valence-corrected chi connectivity index (χ3v) is 10.9. The van der Waals surface area contributed by atoms with Gasteiger partial charge in [0, 0.05) is 6.42 Å². The van der Waals surface area contributed by atoms with E-state index in [-0.39, 0.29) is 19.0 Å². The van der Waals surface area contributed by atoms with E-state index in [4.69, 9.17) is 14.2 Å². The van der Waals surface area contributed by atoms with Crippen LogP contribution in [0.25, 0.3) is 0 Å². The first-order valence-electron chi connectivity index (χ1n) is 24.6. The number of carbonyl (C=O) groups is 1. The van der Waals surface area contributed by atoms with Crippen LogP contribution in [0.3, 0.4) is 0 Å². The summed E-state index contributed by atoms with van der Waals surface area (Å²) in [4.78, 5) is 12.4. The van der Waals surface area contributed by atoms with Gasteiger partial charge in [-0.1, -0.05) is 214 Å². The first-order valence-corrected chi connectivity index (χ1v) is 24.6. The lowest BCUT2D eigenvalue weighted by Gasteiger charge is -2.42. The summed E-state index contributed by atoms with van der Waals surface area (Å²) in [5.41, 5.74) is 5.25. The van der Waals surface area contributed by atoms with Gasteiger partial charge < -0.3 is 34.6 Å². The average Bonchev–Trinajstić information content (AvgIpc) is 3.23. The minimum Gasteiger partial charge on any atom is -0.463 e. The van der Waals surface area contributed by atoms with E-state index in [0.29, 0.717) is 12.8 Å². The fraction of sp³-hybridized carbons (Fsp3) is 0.542. The molecule has 0 aromatic rings. The van der Waals surface area contributed by atoms with E-state index >= 15 is 0 Å². The highest BCUT2D eigenvalue weighted by Gasteiger charge is 2.46. The molecule has 1 aliphatic heterocycles. The summed E-state index contributed by atoms with van der Waals surface area (Å²) in [6, 6.07) is 0. The van der Waals surface area contributed by atoms with Crippen LogP contribution in [-0.2, 0) is 19.0 Å². The Labute approximate surface area is 407 Å². The summed E-state index contributed by atoms with van der Waals surface area (Å²) in [6.45, 7) is 23.9. The third kappa shape index (κ3) is 32.3. The molecule has 1 heterocycles. The standard InChI is InChI=1S/C59H90O8/c1-45(2)28-18-16-14-13-15-17-19-41-53(60)65-44-52-54(61)55(62)56(63)57(66-52)67-59(11,12)43-27-40-51(8)38-25-36-49(6)34-23-32-47(4)30-21-20-29-46(3)31-22-33-48(5)35-24-37-50(7)39-26-42-58(9,10)64/h20-27,29-40,45,52,54-57,61-64H,13-19,28,41-44H2,1-12H3/b21-20+,31-22+,32-23+,35-24+,36-25+,39-26+,40-27+,46-29+,47-30+,48-33+,49-34+,50-37+,51-38+/t52-,54-,55+,56-,57+/m1/s1. The van der Waals surface area contributed by atoms with E-state index in [1.807, 2.05) is 94.5 Å². The molecule has 8 nitrogen and oxygen atoms in total. The van der Waals surface area contributed by atoms with Gasteiger partial charge in [0.2, 0.25) is 0 Å². The lowest BCUT2D eigenvalue weighted by Crippen LogP contribution is -2.60. The maximum atomic E-state index is 12.4. The second-order valence-corrected chi connectivity index (χ2v) is 19.8. The molecular weight excluding hydrogens is 837 g/mol. The first-order chi connectivity index (χ1) is 31.6. The van der Waals surface area contributed by atoms with E-state index in [2.05, 4.69) is 96.2 Å². The van der Waals surface area contributed by atoms with Crippen molar-refractivity contribution in [1.29, 1.82) is 0 Å². The number of carbonyl (C=O) groups excluding carboxylic acids is 1. The van der Waals surface area contributed by atoms with Crippen molar-refractivity contribution in [3.8, 4) is 0 Å². The van der Waals surface area contributed by atoms with Crippen molar-refractivity contribution in [2.45, 2.75) is 196 Å². The highest BCUT2D eigenvalue weighted by atomic mass is 16.7. The largest absolute Gasteiger partial charge is 0.463 e. The van der Waals surface area contributed by atoms with Crippen LogP contribution < -0.4 is 0 Å². The van der Waals surface area contributed by atoms with E-state index in [0.717, 1.165) is 58.6 Å². The third-order valence-electron chi connectivity index (χ3n) is 10.9. The van der Waals surface area contributed by atoms with Crippen molar-refractivity contribution in [3.05, 3.63) is 155 Å². The topological polar surface area (TPSA) is 126 Å². The second-order valence-electron chi connectivity index (χ2n) is 19.8. The van der Waals surface area contributed by atoms with Crippen molar-refractivity contribution >= 4 is 5.97 Å². The lowest BCUT2D eigenvalue weighted by molar-refractivity contribution is -0.323. The fourth-order valence-corrected chi connectivity index (χ4v) is 6.68. The summed E-state index contributed by atoms with van der Waals surface area (Å²) >= 11 is 0. The van der Waals surface area contributed by atoms with Gasteiger partial charge in [-0.05, 0) is 94.4 Å². The molecule has 374 valence electrons. The second kappa shape index (κ2) is 34.2. The maximum absolute atomic E-state index is 12.4. The Morgan fingerprint density at radius 1 is 0.552 bits per heavy atom. The first kappa shape index (κ1) is 60.9. The van der Waals surface area contributed by atoms with Crippen LogP contribution in [0.5, 0.6) is 0 Å². The quantitative estimate of drug-likeness (QED) is 0.0319. The molecule has 1 aliphatic rings. The van der Waals surface area contributed by atoms with Crippen molar-refractivity contribution in [2.75, 3.05) is 6.61 Å². The van der Waals surface area contributed by atoms with E-state index < -0.39 is 41.9 Å². The number of esters is 1. The van der Waals surface area contributed by atoms with Crippen molar-refractivity contribution in [3.63, 3.8) is 0 Å². The molecule has 5 atom stereocenters. The van der Waals surface area contributed by atoms with Gasteiger partial charge in [0.15, 0.2) is 6.29 Å². The molecule has 0 amide bonds. The van der Waals surface area contributed by atoms with Gasteiger partial charge >= 0.3 is 5.97 Å². The van der Waals surface area contributed by atoms with Crippen LogP contribution in [0.1, 0.15) is 154 Å². The number of hydrogen-bond acceptors (Lipinski definition) is 8. The monoisotopic (exact) mass is 927 g/mol. The van der Waals surface area contributed by atoms with Gasteiger partial charge in [-0.3, -0.25) is 4.79 Å². The molecule has 0 unspecified atom stereocenters. The fourth-order valence-electron chi connectivity index (χ4n) is 6.68. The van der Waals surface area contributed by atoms with Gasteiger partial charge in [-0.15, -0.1) is 0 Å². The Morgan fingerprint density at radius 2 is 0.955 bits per heavy atom. The molecule has 8 heteroatoms. The molecule has 4 N–H and O–H groups in total. The molecule has 0 aromatic heterocycles. The van der Waals surface area contributed by atoms with E-state index in [1.54, 1.807) is 13.8 Å². The Kier molecular flexibility index (Phi) is 31.1. The predicted octanol–water partition coefficient (Wildman–Crippen LogP) is 13.4. The SMILES string of the molecule is CC(/C=C/C=C(C)/C=C/C=C(C)/C=C/CC(C)(C)O)=C\C=C\C=C(C)\C=C\C=C(C)\C=C\C=C(C)\C=C\CC(C)(C)O[C@@H]1O[C@H](COC(=O)CCCCCCCCCC(C)C)[C@@H](O)[C@H](O)[C@H]1O. The van der Waals surface area contributed by atoms with Crippen LogP contribution in [-0.4, -0.2) is 74.9 Å². The summed E-state index contributed by atoms with van der Waals surface area (Å²) in [6.07, 6.45) is 44.7. The zero-order valence-corrected chi connectivity index (χ0v) is 43.4. The number of aliphatic hydroxyl groups excluding tert-OH is 3. The Morgan fingerprint density at radius 3 is 1.40 bits per heavy atom. The molecule has 1 rings (SSSR count). The molecule has 1 saturated heterocycles. The van der Waals surface area contributed by atoms with Crippen LogP contribution in [0.15, 0.2) is 155 Å². The zero-order chi connectivity index (χ0) is 50.3. The molecule has 1 fully saturated rings. The summed E-state index contributed by atoms with van der Waals surface area (Å²) in [7, 11) is 0. The number of aliphatic hydroxyl groups is 4. The molecule has 0 bridgehead atoms.